The number of carbonyl (C=O) groups is 2. The summed E-state index contributed by atoms with van der Waals surface area (Å²) in [5.41, 5.74) is -0.159. The molecule has 2 N–H and O–H groups in total. The van der Waals surface area contributed by atoms with Gasteiger partial charge in [-0.1, -0.05) is 97.9 Å². The summed E-state index contributed by atoms with van der Waals surface area (Å²) in [6, 6.07) is 11.9. The molecule has 2 aromatic rings. The van der Waals surface area contributed by atoms with E-state index in [0.29, 0.717) is 16.9 Å². The molecule has 0 unspecified atom stereocenters. The zero-order valence-electron chi connectivity index (χ0n) is 26.4. The second-order valence-electron chi connectivity index (χ2n) is 13.8. The lowest BCUT2D eigenvalue weighted by atomic mass is 9.65. The Kier molecular flexibility index (Phi) is 11.6. The Morgan fingerprint density at radius 2 is 1.14 bits per heavy atom. The number of para-hydroxylation sites is 2. The van der Waals surface area contributed by atoms with Gasteiger partial charge in [0.15, 0.2) is 11.6 Å². The van der Waals surface area contributed by atoms with E-state index < -0.39 is 22.4 Å². The Labute approximate surface area is 272 Å². The SMILES string of the molecule is CC1(C)C=C(I)C(=O)C(C)(C)C1.CC1(C)C=C(c2ccccc2[N+](=O)[O-])C(=O)C(C)(C)C1.O=[N+]([O-])c1ccccc1B(O)O. The van der Waals surface area contributed by atoms with E-state index in [9.17, 15) is 29.8 Å². The van der Waals surface area contributed by atoms with Gasteiger partial charge in [0, 0.05) is 28.5 Å². The normalized spacial score (nSPS) is 19.2. The van der Waals surface area contributed by atoms with Crippen molar-refractivity contribution in [3.63, 3.8) is 0 Å². The third-order valence-electron chi connectivity index (χ3n) is 7.34. The van der Waals surface area contributed by atoms with E-state index in [1.54, 1.807) is 18.2 Å². The molecule has 44 heavy (non-hydrogen) atoms. The van der Waals surface area contributed by atoms with Gasteiger partial charge in [-0.25, -0.2) is 0 Å². The van der Waals surface area contributed by atoms with Gasteiger partial charge in [-0.15, -0.1) is 0 Å². The number of rotatable bonds is 4. The number of nitro benzene ring substituents is 2. The lowest BCUT2D eigenvalue weighted by Gasteiger charge is -2.37. The Morgan fingerprint density at radius 1 is 0.705 bits per heavy atom. The van der Waals surface area contributed by atoms with Crippen molar-refractivity contribution in [3.05, 3.63) is 90.1 Å². The fourth-order valence-electron chi connectivity index (χ4n) is 6.03. The maximum absolute atomic E-state index is 12.6. The van der Waals surface area contributed by atoms with Crippen LogP contribution in [-0.2, 0) is 9.59 Å². The highest BCUT2D eigenvalue weighted by atomic mass is 127. The summed E-state index contributed by atoms with van der Waals surface area (Å²) in [7, 11) is -1.80. The first-order valence-corrected chi connectivity index (χ1v) is 15.1. The summed E-state index contributed by atoms with van der Waals surface area (Å²) in [4.78, 5) is 44.7. The Morgan fingerprint density at radius 3 is 1.59 bits per heavy atom. The number of nitrogens with zero attached hydrogens (tertiary/aromatic N) is 2. The van der Waals surface area contributed by atoms with Crippen molar-refractivity contribution >= 4 is 63.7 Å². The number of hydrogen-bond donors (Lipinski definition) is 2. The number of nitro groups is 2. The van der Waals surface area contributed by atoms with Gasteiger partial charge in [-0.3, -0.25) is 29.8 Å². The van der Waals surface area contributed by atoms with Crippen LogP contribution in [0.25, 0.3) is 5.57 Å². The van der Waals surface area contributed by atoms with Gasteiger partial charge >= 0.3 is 7.12 Å². The van der Waals surface area contributed by atoms with E-state index in [4.69, 9.17) is 10.0 Å². The van der Waals surface area contributed by atoms with E-state index in [1.165, 1.54) is 30.3 Å². The highest BCUT2D eigenvalue weighted by molar-refractivity contribution is 14.1. The second kappa shape index (κ2) is 13.8. The molecule has 4 rings (SSSR count). The summed E-state index contributed by atoms with van der Waals surface area (Å²) in [5, 5.41) is 38.9. The predicted molar refractivity (Wildman–Crippen MR) is 180 cm³/mol. The number of ketones is 2. The summed E-state index contributed by atoms with van der Waals surface area (Å²) < 4.78 is 0.897. The smallest absolute Gasteiger partial charge is 0.423 e. The molecule has 2 aromatic carbocycles. The van der Waals surface area contributed by atoms with Crippen LogP contribution in [-0.4, -0.2) is 38.6 Å². The number of allylic oxidation sites excluding steroid dienone is 4. The van der Waals surface area contributed by atoms with Gasteiger partial charge in [-0.05, 0) is 52.3 Å². The van der Waals surface area contributed by atoms with Gasteiger partial charge in [0.25, 0.3) is 11.4 Å². The van der Waals surface area contributed by atoms with E-state index in [0.717, 1.165) is 16.4 Å². The minimum atomic E-state index is -1.80. The Balaban J connectivity index is 0.000000244. The van der Waals surface area contributed by atoms with Gasteiger partial charge in [-0.2, -0.15) is 0 Å². The van der Waals surface area contributed by atoms with Crippen LogP contribution in [0.5, 0.6) is 0 Å². The van der Waals surface area contributed by atoms with Crippen LogP contribution in [0.15, 0.2) is 64.3 Å². The summed E-state index contributed by atoms with van der Waals surface area (Å²) in [6.45, 7) is 16.3. The summed E-state index contributed by atoms with van der Waals surface area (Å²) >= 11 is 2.14. The van der Waals surface area contributed by atoms with Gasteiger partial charge < -0.3 is 10.0 Å². The van der Waals surface area contributed by atoms with E-state index in [-0.39, 0.29) is 38.9 Å². The number of benzene rings is 2. The highest BCUT2D eigenvalue weighted by Gasteiger charge is 2.42. The Bertz CT molecular complexity index is 1510. The third kappa shape index (κ3) is 9.39. The molecular weight excluding hydrogens is 678 g/mol. The van der Waals surface area contributed by atoms with Gasteiger partial charge in [0.05, 0.1) is 24.5 Å². The fourth-order valence-corrected chi connectivity index (χ4v) is 7.60. The Hall–Kier alpha value is -3.23. The molecule has 0 heterocycles. The first-order valence-electron chi connectivity index (χ1n) is 14.1. The molecular formula is C32H40BIN2O8. The van der Waals surface area contributed by atoms with Crippen LogP contribution in [0.2, 0.25) is 0 Å². The lowest BCUT2D eigenvalue weighted by Crippen LogP contribution is -2.35. The molecule has 0 aliphatic heterocycles. The van der Waals surface area contributed by atoms with E-state index in [1.807, 2.05) is 33.8 Å². The fraction of sp³-hybridized carbons (Fsp3) is 0.438. The van der Waals surface area contributed by atoms with Crippen LogP contribution in [0.1, 0.15) is 73.8 Å². The topological polar surface area (TPSA) is 161 Å². The molecule has 236 valence electrons. The standard InChI is InChI=1S/C16H19NO3.C10H15IO.C6H6BNO4/c1-15(2)9-12(14(18)16(3,4)10-15)11-7-5-6-8-13(11)17(19)20;1-9(2)5-7(11)8(12)10(3,4)6-9;9-7(10)5-3-1-2-4-6(5)8(11)12/h5-9H,10H2,1-4H3;5H,6H2,1-4H3;1-4,9-10H. The first kappa shape index (κ1) is 37.0. The molecule has 0 saturated carbocycles. The van der Waals surface area contributed by atoms with E-state index in [2.05, 4.69) is 56.4 Å². The van der Waals surface area contributed by atoms with Crippen molar-refractivity contribution in [2.45, 2.75) is 68.2 Å². The minimum Gasteiger partial charge on any atom is -0.423 e. The number of halogens is 1. The first-order chi connectivity index (χ1) is 20.0. The van der Waals surface area contributed by atoms with Gasteiger partial charge in [0.1, 0.15) is 0 Å². The predicted octanol–water partition coefficient (Wildman–Crippen LogP) is 6.61. The molecule has 0 fully saturated rings. The molecule has 2 aliphatic rings. The molecule has 10 nitrogen and oxygen atoms in total. The van der Waals surface area contributed by atoms with Crippen LogP contribution >= 0.6 is 22.6 Å². The molecule has 0 radical (unpaired) electrons. The maximum atomic E-state index is 12.6. The number of hydrogen-bond acceptors (Lipinski definition) is 8. The van der Waals surface area contributed by atoms with Crippen LogP contribution in [0.3, 0.4) is 0 Å². The van der Waals surface area contributed by atoms with Crippen LogP contribution < -0.4 is 5.46 Å². The monoisotopic (exact) mass is 718 g/mol. The summed E-state index contributed by atoms with van der Waals surface area (Å²) in [6.07, 6.45) is 5.65. The van der Waals surface area contributed by atoms with Crippen LogP contribution in [0, 0.1) is 41.9 Å². The van der Waals surface area contributed by atoms with Crippen molar-refractivity contribution in [1.82, 2.24) is 0 Å². The zero-order valence-corrected chi connectivity index (χ0v) is 28.5. The molecule has 0 aromatic heterocycles. The van der Waals surface area contributed by atoms with Gasteiger partial charge in [0.2, 0.25) is 0 Å². The van der Waals surface area contributed by atoms with Crippen molar-refractivity contribution in [3.8, 4) is 0 Å². The molecule has 12 heteroatoms. The summed E-state index contributed by atoms with van der Waals surface area (Å²) in [5.74, 6) is 0.272. The number of carbonyl (C=O) groups excluding carboxylic acids is 2. The molecule has 0 amide bonds. The van der Waals surface area contributed by atoms with Crippen molar-refractivity contribution in [2.24, 2.45) is 21.7 Å². The largest absolute Gasteiger partial charge is 0.495 e. The molecule has 0 saturated heterocycles. The van der Waals surface area contributed by atoms with E-state index >= 15 is 0 Å². The molecule has 0 bridgehead atoms. The van der Waals surface area contributed by atoms with Crippen LogP contribution in [0.4, 0.5) is 11.4 Å². The zero-order chi connectivity index (χ0) is 33.8. The molecule has 0 spiro atoms. The molecule has 2 aliphatic carbocycles. The lowest BCUT2D eigenvalue weighted by molar-refractivity contribution is -0.385. The maximum Gasteiger partial charge on any atom is 0.495 e. The average Bonchev–Trinajstić information content (AvgIpc) is 2.88. The second-order valence-corrected chi connectivity index (χ2v) is 14.9. The van der Waals surface area contributed by atoms with Crippen molar-refractivity contribution in [1.29, 1.82) is 0 Å². The highest BCUT2D eigenvalue weighted by Crippen LogP contribution is 2.46. The van der Waals surface area contributed by atoms with Crippen molar-refractivity contribution < 1.29 is 29.5 Å². The third-order valence-corrected chi connectivity index (χ3v) is 8.14. The molecule has 0 atom stereocenters. The number of Topliss-reactive ketones (excluding diaryl/α,β-unsaturated/α-hetero) is 2. The quantitative estimate of drug-likeness (QED) is 0.155. The van der Waals surface area contributed by atoms with Crippen molar-refractivity contribution in [2.75, 3.05) is 0 Å². The average molecular weight is 718 g/mol. The minimum absolute atomic E-state index is 0.0133.